The highest BCUT2D eigenvalue weighted by atomic mass is 16.2. The maximum absolute atomic E-state index is 12.8. The van der Waals surface area contributed by atoms with Gasteiger partial charge in [0.15, 0.2) is 0 Å². The zero-order chi connectivity index (χ0) is 13.7. The summed E-state index contributed by atoms with van der Waals surface area (Å²) >= 11 is 0. The van der Waals surface area contributed by atoms with E-state index < -0.39 is 0 Å². The van der Waals surface area contributed by atoms with Crippen LogP contribution in [-0.4, -0.2) is 36.5 Å². The minimum absolute atomic E-state index is 0.421. The summed E-state index contributed by atoms with van der Waals surface area (Å²) in [5.41, 5.74) is 0. The molecule has 112 valence electrons. The van der Waals surface area contributed by atoms with E-state index in [1.807, 2.05) is 0 Å². The molecule has 4 rings (SSSR count). The topological polar surface area (TPSA) is 32.3 Å². The highest BCUT2D eigenvalue weighted by molar-refractivity contribution is 5.83. The molecule has 1 heterocycles. The van der Waals surface area contributed by atoms with E-state index >= 15 is 0 Å². The Balaban J connectivity index is 1.37. The van der Waals surface area contributed by atoms with Gasteiger partial charge in [0, 0.05) is 25.0 Å². The number of fused-ring (bicyclic) bond motifs is 5. The maximum Gasteiger partial charge on any atom is 0.226 e. The molecule has 4 aliphatic rings. The zero-order valence-corrected chi connectivity index (χ0v) is 12.7. The quantitative estimate of drug-likeness (QED) is 0.854. The molecule has 5 atom stereocenters. The molecule has 2 bridgehead atoms. The molecule has 0 aromatic heterocycles. The van der Waals surface area contributed by atoms with E-state index in [0.717, 1.165) is 43.3 Å². The molecule has 1 N–H and O–H groups in total. The van der Waals surface area contributed by atoms with Crippen LogP contribution in [0.4, 0.5) is 0 Å². The fourth-order valence-electron chi connectivity index (χ4n) is 5.59. The number of amides is 1. The van der Waals surface area contributed by atoms with Gasteiger partial charge in [0.05, 0.1) is 0 Å². The second-order valence-electron chi connectivity index (χ2n) is 7.54. The van der Waals surface area contributed by atoms with Gasteiger partial charge in [-0.2, -0.15) is 0 Å². The first-order valence-corrected chi connectivity index (χ1v) is 8.81. The Hall–Kier alpha value is -0.570. The number of hydrogen-bond donors (Lipinski definition) is 1. The van der Waals surface area contributed by atoms with Crippen molar-refractivity contribution in [2.45, 2.75) is 51.5 Å². The van der Waals surface area contributed by atoms with Crippen LogP contribution in [0, 0.1) is 29.6 Å². The third kappa shape index (κ3) is 2.01. The van der Waals surface area contributed by atoms with Crippen molar-refractivity contribution in [3.05, 3.63) is 0 Å². The van der Waals surface area contributed by atoms with Crippen LogP contribution in [0.2, 0.25) is 0 Å². The standard InChI is InChI=1S/C17H28N2O/c1-2-19(10-13-5-3-4-8-18-13)17(20)16-14-11-6-7-12(9-11)15(14)16/h11-16,18H,2-10H2,1H3. The minimum atomic E-state index is 0.421. The summed E-state index contributed by atoms with van der Waals surface area (Å²) in [6.45, 7) is 5.12. The van der Waals surface area contributed by atoms with Gasteiger partial charge in [-0.05, 0) is 69.2 Å². The van der Waals surface area contributed by atoms with E-state index in [1.165, 1.54) is 38.5 Å². The number of carbonyl (C=O) groups is 1. The summed E-state index contributed by atoms with van der Waals surface area (Å²) in [7, 11) is 0. The van der Waals surface area contributed by atoms with Crippen LogP contribution in [-0.2, 0) is 4.79 Å². The van der Waals surface area contributed by atoms with Crippen molar-refractivity contribution in [3.63, 3.8) is 0 Å². The molecule has 0 radical (unpaired) electrons. The number of piperidine rings is 1. The molecule has 1 saturated heterocycles. The largest absolute Gasteiger partial charge is 0.341 e. The van der Waals surface area contributed by atoms with Gasteiger partial charge < -0.3 is 10.2 Å². The SMILES string of the molecule is CCN(CC1CCCCN1)C(=O)C1C2C3CCC(C3)C12. The third-order valence-corrected chi connectivity index (χ3v) is 6.57. The number of carbonyl (C=O) groups excluding carboxylic acids is 1. The molecule has 3 aliphatic carbocycles. The molecule has 0 spiro atoms. The lowest BCUT2D eigenvalue weighted by atomic mass is 10.0. The smallest absolute Gasteiger partial charge is 0.226 e. The summed E-state index contributed by atoms with van der Waals surface area (Å²) < 4.78 is 0. The average Bonchev–Trinajstić information content (AvgIpc) is 2.92. The van der Waals surface area contributed by atoms with E-state index in [4.69, 9.17) is 0 Å². The van der Waals surface area contributed by atoms with E-state index in [9.17, 15) is 4.79 Å². The van der Waals surface area contributed by atoms with Crippen molar-refractivity contribution in [2.24, 2.45) is 29.6 Å². The Bertz CT molecular complexity index is 374. The van der Waals surface area contributed by atoms with Gasteiger partial charge in [-0.25, -0.2) is 0 Å². The highest BCUT2D eigenvalue weighted by Crippen LogP contribution is 2.69. The summed E-state index contributed by atoms with van der Waals surface area (Å²) in [6.07, 6.45) is 8.12. The summed E-state index contributed by atoms with van der Waals surface area (Å²) in [6, 6.07) is 0.544. The van der Waals surface area contributed by atoms with Gasteiger partial charge >= 0.3 is 0 Å². The summed E-state index contributed by atoms with van der Waals surface area (Å²) in [5.74, 6) is 4.30. The Morgan fingerprint density at radius 3 is 2.50 bits per heavy atom. The van der Waals surface area contributed by atoms with E-state index in [2.05, 4.69) is 17.1 Å². The van der Waals surface area contributed by atoms with Crippen LogP contribution in [0.25, 0.3) is 0 Å². The maximum atomic E-state index is 12.8. The van der Waals surface area contributed by atoms with Gasteiger partial charge in [0.1, 0.15) is 0 Å². The van der Waals surface area contributed by atoms with Gasteiger partial charge in [0.2, 0.25) is 5.91 Å². The van der Waals surface area contributed by atoms with E-state index in [1.54, 1.807) is 0 Å². The second-order valence-corrected chi connectivity index (χ2v) is 7.54. The molecule has 3 heteroatoms. The Labute approximate surface area is 122 Å². The van der Waals surface area contributed by atoms with Crippen molar-refractivity contribution in [3.8, 4) is 0 Å². The summed E-state index contributed by atoms with van der Waals surface area (Å²) in [5, 5.41) is 3.58. The van der Waals surface area contributed by atoms with Crippen molar-refractivity contribution >= 4 is 5.91 Å². The average molecular weight is 276 g/mol. The van der Waals surface area contributed by atoms with Crippen molar-refractivity contribution in [2.75, 3.05) is 19.6 Å². The number of nitrogens with zero attached hydrogens (tertiary/aromatic N) is 1. The van der Waals surface area contributed by atoms with Crippen LogP contribution in [0.5, 0.6) is 0 Å². The normalized spacial score (nSPS) is 45.2. The van der Waals surface area contributed by atoms with Crippen LogP contribution < -0.4 is 5.32 Å². The number of nitrogens with one attached hydrogen (secondary N) is 1. The monoisotopic (exact) mass is 276 g/mol. The van der Waals surface area contributed by atoms with E-state index in [-0.39, 0.29) is 0 Å². The first-order valence-electron chi connectivity index (χ1n) is 8.81. The molecule has 20 heavy (non-hydrogen) atoms. The van der Waals surface area contributed by atoms with Gasteiger partial charge in [-0.15, -0.1) is 0 Å². The number of hydrogen-bond acceptors (Lipinski definition) is 2. The van der Waals surface area contributed by atoms with Crippen molar-refractivity contribution in [1.29, 1.82) is 0 Å². The molecule has 5 unspecified atom stereocenters. The minimum Gasteiger partial charge on any atom is -0.341 e. The van der Waals surface area contributed by atoms with Crippen molar-refractivity contribution < 1.29 is 4.79 Å². The fourth-order valence-corrected chi connectivity index (χ4v) is 5.59. The second kappa shape index (κ2) is 5.01. The first kappa shape index (κ1) is 13.1. The van der Waals surface area contributed by atoms with Crippen LogP contribution in [0.15, 0.2) is 0 Å². The lowest BCUT2D eigenvalue weighted by Crippen LogP contribution is -2.46. The molecule has 3 nitrogen and oxygen atoms in total. The highest BCUT2D eigenvalue weighted by Gasteiger charge is 2.67. The van der Waals surface area contributed by atoms with Crippen LogP contribution in [0.3, 0.4) is 0 Å². The molecule has 4 fully saturated rings. The predicted octanol–water partition coefficient (Wildman–Crippen LogP) is 2.27. The van der Waals surface area contributed by atoms with E-state index in [0.29, 0.717) is 17.9 Å². The lowest BCUT2D eigenvalue weighted by molar-refractivity contribution is -0.133. The van der Waals surface area contributed by atoms with Gasteiger partial charge in [-0.1, -0.05) is 6.42 Å². The predicted molar refractivity (Wildman–Crippen MR) is 79.2 cm³/mol. The van der Waals surface area contributed by atoms with Crippen LogP contribution in [0.1, 0.15) is 45.4 Å². The Kier molecular flexibility index (Phi) is 3.29. The zero-order valence-electron chi connectivity index (χ0n) is 12.7. The first-order chi connectivity index (χ1) is 9.79. The summed E-state index contributed by atoms with van der Waals surface area (Å²) in [4.78, 5) is 15.0. The lowest BCUT2D eigenvalue weighted by Gasteiger charge is -2.30. The molecule has 1 amide bonds. The van der Waals surface area contributed by atoms with Crippen LogP contribution >= 0.6 is 0 Å². The fraction of sp³-hybridized carbons (Fsp3) is 0.941. The molecule has 0 aromatic rings. The number of likely N-dealkylation sites (N-methyl/N-ethyl adjacent to an activating group) is 1. The van der Waals surface area contributed by atoms with Gasteiger partial charge in [-0.3, -0.25) is 4.79 Å². The molecule has 1 aliphatic heterocycles. The van der Waals surface area contributed by atoms with Gasteiger partial charge in [0.25, 0.3) is 0 Å². The molecular formula is C17H28N2O. The van der Waals surface area contributed by atoms with Crippen molar-refractivity contribution in [1.82, 2.24) is 10.2 Å². The molecular weight excluding hydrogens is 248 g/mol. The molecule has 3 saturated carbocycles. The Morgan fingerprint density at radius 2 is 1.90 bits per heavy atom. The number of rotatable bonds is 4. The molecule has 0 aromatic carbocycles. The third-order valence-electron chi connectivity index (χ3n) is 6.57. The Morgan fingerprint density at radius 1 is 1.15 bits per heavy atom.